The summed E-state index contributed by atoms with van der Waals surface area (Å²) in [6.45, 7) is 5.65. The number of H-pyrrole nitrogens is 1. The summed E-state index contributed by atoms with van der Waals surface area (Å²) in [6, 6.07) is 10.5. The number of primary amides is 1. The first-order valence-electron chi connectivity index (χ1n) is 15.8. The Morgan fingerprint density at radius 3 is 2.47 bits per heavy atom. The lowest BCUT2D eigenvalue weighted by molar-refractivity contribution is -0.140. The van der Waals surface area contributed by atoms with Crippen molar-refractivity contribution in [2.75, 3.05) is 6.54 Å². The zero-order chi connectivity index (χ0) is 33.8. The smallest absolute Gasteiger partial charge is 0.243 e. The lowest BCUT2D eigenvalue weighted by atomic mass is 9.95. The van der Waals surface area contributed by atoms with Crippen molar-refractivity contribution in [3.63, 3.8) is 0 Å². The van der Waals surface area contributed by atoms with Gasteiger partial charge >= 0.3 is 0 Å². The molecule has 5 rings (SSSR count). The zero-order valence-electron chi connectivity index (χ0n) is 26.8. The number of nitrogens with zero attached hydrogens (tertiary/aromatic N) is 1. The average molecular weight is 643 g/mol. The number of phenols is 1. The van der Waals surface area contributed by atoms with E-state index >= 15 is 0 Å². The van der Waals surface area contributed by atoms with Crippen LogP contribution in [0.2, 0.25) is 0 Å². The molecule has 4 amide bonds. The molecule has 0 saturated carbocycles. The molecular formula is C35H42N6O6. The van der Waals surface area contributed by atoms with Gasteiger partial charge in [0.25, 0.3) is 0 Å². The van der Waals surface area contributed by atoms with Crippen LogP contribution < -0.4 is 22.1 Å². The second kappa shape index (κ2) is 14.1. The van der Waals surface area contributed by atoms with Crippen LogP contribution >= 0.6 is 0 Å². The van der Waals surface area contributed by atoms with Crippen molar-refractivity contribution >= 4 is 34.5 Å². The van der Waals surface area contributed by atoms with Crippen molar-refractivity contribution in [1.29, 1.82) is 0 Å². The van der Waals surface area contributed by atoms with Crippen LogP contribution in [0, 0.1) is 19.8 Å². The Bertz CT molecular complexity index is 1740. The van der Waals surface area contributed by atoms with Gasteiger partial charge in [-0.3, -0.25) is 19.2 Å². The second-order valence-corrected chi connectivity index (χ2v) is 12.4. The van der Waals surface area contributed by atoms with Crippen LogP contribution in [0.1, 0.15) is 53.8 Å². The first-order chi connectivity index (χ1) is 22.4. The minimum Gasteiger partial charge on any atom is -0.508 e. The molecule has 47 heavy (non-hydrogen) atoms. The standard InChI is InChI=1S/C35H42N6O6/c1-19-14-23(42)15-20(2)25(19)17-26(36)35(46)41-12-6-10-29(41)34(45)39-28(16-22-18-38-27-9-5-4-8-24(22)27)33(44)40-31(21(3)32(37)43)30-11-7-13-47-30/h4-5,7-9,11,13-15,18,21,26,28-29,31,38,42H,6,10,12,16-17,36H2,1-3H3,(H2,37,43)(H,39,45)(H,40,44)/t21-,26-,28-,29-,31-/m0/s1. The Morgan fingerprint density at radius 2 is 1.79 bits per heavy atom. The number of amides is 4. The monoisotopic (exact) mass is 642 g/mol. The maximum atomic E-state index is 14.0. The fourth-order valence-electron chi connectivity index (χ4n) is 6.44. The van der Waals surface area contributed by atoms with Crippen molar-refractivity contribution < 1.29 is 28.7 Å². The number of rotatable bonds is 12. The van der Waals surface area contributed by atoms with Gasteiger partial charge in [-0.1, -0.05) is 25.1 Å². The maximum Gasteiger partial charge on any atom is 0.243 e. The summed E-state index contributed by atoms with van der Waals surface area (Å²) < 4.78 is 5.52. The number of furan rings is 1. The molecule has 1 aliphatic rings. The molecule has 5 atom stereocenters. The molecule has 2 aromatic heterocycles. The van der Waals surface area contributed by atoms with Crippen LogP contribution in [-0.2, 0) is 32.0 Å². The van der Waals surface area contributed by atoms with Crippen molar-refractivity contribution in [3.8, 4) is 5.75 Å². The van der Waals surface area contributed by atoms with Gasteiger partial charge in [-0.2, -0.15) is 0 Å². The molecule has 0 aliphatic carbocycles. The Balaban J connectivity index is 1.37. The van der Waals surface area contributed by atoms with Crippen LogP contribution in [0.4, 0.5) is 0 Å². The lowest BCUT2D eigenvalue weighted by Crippen LogP contribution is -2.56. The number of hydrogen-bond donors (Lipinski definition) is 6. The zero-order valence-corrected chi connectivity index (χ0v) is 26.8. The summed E-state index contributed by atoms with van der Waals surface area (Å²) in [5.41, 5.74) is 16.2. The van der Waals surface area contributed by atoms with Gasteiger partial charge in [0.2, 0.25) is 23.6 Å². The van der Waals surface area contributed by atoms with Crippen LogP contribution in [0.5, 0.6) is 5.75 Å². The number of phenolic OH excluding ortho intramolecular Hbond substituents is 1. The maximum absolute atomic E-state index is 14.0. The van der Waals surface area contributed by atoms with E-state index in [0.717, 1.165) is 33.2 Å². The summed E-state index contributed by atoms with van der Waals surface area (Å²) >= 11 is 0. The van der Waals surface area contributed by atoms with E-state index < -0.39 is 47.8 Å². The Kier molecular flexibility index (Phi) is 10.00. The number of carbonyl (C=O) groups is 4. The summed E-state index contributed by atoms with van der Waals surface area (Å²) in [5, 5.41) is 16.6. The number of carbonyl (C=O) groups excluding carboxylic acids is 4. The SMILES string of the molecule is Cc1cc(O)cc(C)c1C[C@H](N)C(=O)N1CCC[C@H]1C(=O)N[C@@H](Cc1c[nH]c2ccccc12)C(=O)N[C@H](c1ccco1)[C@H](C)C(N)=O. The molecular weight excluding hydrogens is 600 g/mol. The minimum atomic E-state index is -1.06. The highest BCUT2D eigenvalue weighted by atomic mass is 16.3. The number of aromatic amines is 1. The van der Waals surface area contributed by atoms with Crippen LogP contribution in [0.15, 0.2) is 65.4 Å². The average Bonchev–Trinajstić information content (AvgIpc) is 3.82. The highest BCUT2D eigenvalue weighted by Crippen LogP contribution is 2.26. The summed E-state index contributed by atoms with van der Waals surface area (Å²) in [5.74, 6) is -2.31. The molecule has 248 valence electrons. The molecule has 1 fully saturated rings. The number of hydrogen-bond acceptors (Lipinski definition) is 7. The number of aromatic nitrogens is 1. The molecule has 1 aliphatic heterocycles. The third-order valence-electron chi connectivity index (χ3n) is 9.09. The number of nitrogens with one attached hydrogen (secondary N) is 3. The summed E-state index contributed by atoms with van der Waals surface area (Å²) in [7, 11) is 0. The summed E-state index contributed by atoms with van der Waals surface area (Å²) in [6.07, 6.45) is 4.63. The summed E-state index contributed by atoms with van der Waals surface area (Å²) in [4.78, 5) is 58.3. The van der Waals surface area contributed by atoms with Gasteiger partial charge in [0.1, 0.15) is 23.6 Å². The van der Waals surface area contributed by atoms with Gasteiger partial charge in [0.15, 0.2) is 0 Å². The van der Waals surface area contributed by atoms with Crippen LogP contribution in [0.25, 0.3) is 10.9 Å². The van der Waals surface area contributed by atoms with Gasteiger partial charge in [0, 0.05) is 30.1 Å². The Hall–Kier alpha value is -5.10. The number of fused-ring (bicyclic) bond motifs is 1. The van der Waals surface area contributed by atoms with E-state index in [9.17, 15) is 24.3 Å². The fourth-order valence-corrected chi connectivity index (χ4v) is 6.44. The number of para-hydroxylation sites is 1. The van der Waals surface area contributed by atoms with E-state index in [4.69, 9.17) is 15.9 Å². The molecule has 0 radical (unpaired) electrons. The van der Waals surface area contributed by atoms with Crippen molar-refractivity contribution in [3.05, 3.63) is 89.0 Å². The third-order valence-corrected chi connectivity index (χ3v) is 9.09. The van der Waals surface area contributed by atoms with Crippen molar-refractivity contribution in [1.82, 2.24) is 20.5 Å². The van der Waals surface area contributed by atoms with Gasteiger partial charge in [-0.25, -0.2) is 0 Å². The van der Waals surface area contributed by atoms with E-state index in [-0.39, 0.29) is 24.5 Å². The molecule has 12 heteroatoms. The largest absolute Gasteiger partial charge is 0.508 e. The highest BCUT2D eigenvalue weighted by Gasteiger charge is 2.39. The number of aromatic hydroxyl groups is 1. The third kappa shape index (κ3) is 7.33. The van der Waals surface area contributed by atoms with Gasteiger partial charge in [-0.05, 0) is 85.7 Å². The Labute approximate surface area is 272 Å². The van der Waals surface area contributed by atoms with E-state index in [0.29, 0.717) is 25.1 Å². The van der Waals surface area contributed by atoms with Crippen molar-refractivity contribution in [2.45, 2.75) is 70.6 Å². The Morgan fingerprint density at radius 1 is 1.06 bits per heavy atom. The first kappa shape index (κ1) is 33.3. The first-order valence-corrected chi connectivity index (χ1v) is 15.8. The molecule has 1 saturated heterocycles. The quantitative estimate of drug-likeness (QED) is 0.137. The number of likely N-dealkylation sites (tertiary alicyclic amines) is 1. The number of nitrogens with two attached hydrogens (primary N) is 2. The van der Waals surface area contributed by atoms with Gasteiger partial charge in [0.05, 0.1) is 24.3 Å². The van der Waals surface area contributed by atoms with Crippen molar-refractivity contribution in [2.24, 2.45) is 17.4 Å². The molecule has 0 unspecified atom stereocenters. The normalized spacial score (nSPS) is 17.2. The molecule has 0 spiro atoms. The highest BCUT2D eigenvalue weighted by molar-refractivity contribution is 5.94. The number of benzene rings is 2. The van der Waals surface area contributed by atoms with Crippen LogP contribution in [-0.4, -0.2) is 63.3 Å². The fraction of sp³-hybridized carbons (Fsp3) is 0.371. The molecule has 12 nitrogen and oxygen atoms in total. The van der Waals surface area contributed by atoms with Gasteiger partial charge < -0.3 is 41.5 Å². The molecule has 0 bridgehead atoms. The van der Waals surface area contributed by atoms with Gasteiger partial charge in [-0.15, -0.1) is 0 Å². The minimum absolute atomic E-state index is 0.136. The second-order valence-electron chi connectivity index (χ2n) is 12.4. The number of aryl methyl sites for hydroxylation is 2. The molecule has 3 heterocycles. The predicted octanol–water partition coefficient (Wildman–Crippen LogP) is 2.65. The van der Waals surface area contributed by atoms with E-state index in [1.165, 1.54) is 11.2 Å². The topological polar surface area (TPSA) is 197 Å². The molecule has 8 N–H and O–H groups in total. The predicted molar refractivity (Wildman–Crippen MR) is 176 cm³/mol. The van der Waals surface area contributed by atoms with E-state index in [1.807, 2.05) is 38.1 Å². The molecule has 2 aromatic carbocycles. The molecule has 4 aromatic rings. The van der Waals surface area contributed by atoms with E-state index in [1.54, 1.807) is 37.4 Å². The van der Waals surface area contributed by atoms with E-state index in [2.05, 4.69) is 15.6 Å². The van der Waals surface area contributed by atoms with Crippen LogP contribution in [0.3, 0.4) is 0 Å². The lowest BCUT2D eigenvalue weighted by Gasteiger charge is -2.29.